The summed E-state index contributed by atoms with van der Waals surface area (Å²) in [6.45, 7) is 4.41. The first kappa shape index (κ1) is 28.3. The number of hydrogen-bond donors (Lipinski definition) is 6. The monoisotopic (exact) mass is 468 g/mol. The number of nitrogens with one attached hydrogen (secondary N) is 4. The lowest BCUT2D eigenvalue weighted by molar-refractivity contribution is -0.133. The number of hydrogen-bond acceptors (Lipinski definition) is 6. The van der Waals surface area contributed by atoms with Gasteiger partial charge in [-0.2, -0.15) is 0 Å². The van der Waals surface area contributed by atoms with Gasteiger partial charge in [-0.05, 0) is 68.4 Å². The van der Waals surface area contributed by atoms with E-state index < -0.39 is 24.0 Å². The Morgan fingerprint density at radius 3 is 2.03 bits per heavy atom. The molecule has 9 heteroatoms. The summed E-state index contributed by atoms with van der Waals surface area (Å²) in [7, 11) is 0. The summed E-state index contributed by atoms with van der Waals surface area (Å²) < 4.78 is 0. The highest BCUT2D eigenvalue weighted by Crippen LogP contribution is 2.09. The maximum atomic E-state index is 12.3. The maximum Gasteiger partial charge on any atom is 0.268 e. The molecule has 2 aromatic carbocycles. The van der Waals surface area contributed by atoms with Crippen molar-refractivity contribution in [2.45, 2.75) is 39.8 Å². The second-order valence-electron chi connectivity index (χ2n) is 7.30. The van der Waals surface area contributed by atoms with Crippen molar-refractivity contribution in [2.24, 2.45) is 0 Å². The van der Waals surface area contributed by atoms with Gasteiger partial charge >= 0.3 is 0 Å². The van der Waals surface area contributed by atoms with E-state index >= 15 is 0 Å². The molecule has 2 atom stereocenters. The average Bonchev–Trinajstić information content (AvgIpc) is 2.81. The first-order valence-electron chi connectivity index (χ1n) is 10.5. The molecule has 9 nitrogen and oxygen atoms in total. The van der Waals surface area contributed by atoms with Crippen molar-refractivity contribution in [3.8, 4) is 11.8 Å². The Hall–Kier alpha value is -3.71. The van der Waals surface area contributed by atoms with Crippen molar-refractivity contribution in [3.63, 3.8) is 0 Å². The van der Waals surface area contributed by atoms with Gasteiger partial charge in [-0.15, -0.1) is 0 Å². The molecule has 0 spiro atoms. The fraction of sp³-hybridized carbons (Fsp3) is 0.320. The van der Waals surface area contributed by atoms with Crippen LogP contribution in [0.1, 0.15) is 49.2 Å². The molecule has 0 bridgehead atoms. The van der Waals surface area contributed by atoms with Crippen LogP contribution >= 0.6 is 0 Å². The van der Waals surface area contributed by atoms with Gasteiger partial charge in [0.15, 0.2) is 0 Å². The number of carbonyl (C=O) groups is 3. The Kier molecular flexibility index (Phi) is 12.0. The van der Waals surface area contributed by atoms with Crippen LogP contribution in [-0.2, 0) is 9.59 Å². The molecule has 182 valence electrons. The van der Waals surface area contributed by atoms with Gasteiger partial charge in [0.25, 0.3) is 11.8 Å². The molecule has 0 aliphatic heterocycles. The number of aliphatic hydroxyl groups is 1. The van der Waals surface area contributed by atoms with E-state index in [0.29, 0.717) is 11.3 Å². The lowest BCUT2D eigenvalue weighted by atomic mass is 10.1. The molecule has 0 fully saturated rings. The van der Waals surface area contributed by atoms with Gasteiger partial charge in [-0.25, -0.2) is 5.48 Å². The van der Waals surface area contributed by atoms with E-state index in [1.807, 2.05) is 6.92 Å². The van der Waals surface area contributed by atoms with Gasteiger partial charge in [0.1, 0.15) is 6.04 Å². The van der Waals surface area contributed by atoms with Crippen molar-refractivity contribution in [1.29, 1.82) is 0 Å². The number of anilines is 1. The summed E-state index contributed by atoms with van der Waals surface area (Å²) in [5.41, 5.74) is 3.80. The molecule has 0 aliphatic carbocycles. The van der Waals surface area contributed by atoms with Crippen LogP contribution in [0.15, 0.2) is 48.5 Å². The van der Waals surface area contributed by atoms with E-state index in [1.165, 1.54) is 12.4 Å². The fourth-order valence-corrected chi connectivity index (χ4v) is 2.77. The normalized spacial score (nSPS) is 11.6. The molecule has 2 rings (SSSR count). The van der Waals surface area contributed by atoms with E-state index in [9.17, 15) is 19.5 Å². The largest absolute Gasteiger partial charge is 0.391 e. The lowest BCUT2D eigenvalue weighted by Gasteiger charge is -2.19. The Labute approximate surface area is 199 Å². The summed E-state index contributed by atoms with van der Waals surface area (Å²) in [5, 5.41) is 26.5. The standard InChI is InChI=1S/C24H28N4O5.CH4/c1-3-14-25-15-21(30)26-20-12-8-18(9-13-20)5-4-17-6-10-19(11-7-17)23(31)27-22(16(2)29)24(32)28-33;/h6-13,16,22,25,29,33H,3,14-15H2,1-2H3,(H,26,30)(H,27,31)(H,28,32);1H4/t16-,22+;/m1./s1. The van der Waals surface area contributed by atoms with Gasteiger partial charge in [-0.1, -0.05) is 26.2 Å². The van der Waals surface area contributed by atoms with Crippen LogP contribution in [0.25, 0.3) is 0 Å². The van der Waals surface area contributed by atoms with Gasteiger partial charge in [0, 0.05) is 22.4 Å². The zero-order chi connectivity index (χ0) is 24.2. The zero-order valence-electron chi connectivity index (χ0n) is 18.5. The molecule has 3 amide bonds. The first-order chi connectivity index (χ1) is 15.8. The number of carbonyl (C=O) groups excluding carboxylic acids is 3. The Balaban J connectivity index is 0.00000578. The summed E-state index contributed by atoms with van der Waals surface area (Å²) >= 11 is 0. The molecule has 0 unspecified atom stereocenters. The molecule has 0 heterocycles. The van der Waals surface area contributed by atoms with Crippen LogP contribution in [-0.4, -0.2) is 53.3 Å². The predicted octanol–water partition coefficient (Wildman–Crippen LogP) is 1.65. The molecule has 0 saturated heterocycles. The van der Waals surface area contributed by atoms with Gasteiger partial charge in [0.05, 0.1) is 12.6 Å². The van der Waals surface area contributed by atoms with E-state index in [2.05, 4.69) is 27.8 Å². The Morgan fingerprint density at radius 1 is 0.971 bits per heavy atom. The SMILES string of the molecule is C.CCCNCC(=O)Nc1ccc(C#Cc2ccc(C(=O)N[C@H](C(=O)NO)[C@@H](C)O)cc2)cc1. The van der Waals surface area contributed by atoms with Crippen molar-refractivity contribution >= 4 is 23.4 Å². The maximum absolute atomic E-state index is 12.3. The van der Waals surface area contributed by atoms with Crippen LogP contribution in [0, 0.1) is 11.8 Å². The molecule has 0 saturated carbocycles. The number of benzene rings is 2. The topological polar surface area (TPSA) is 140 Å². The van der Waals surface area contributed by atoms with Crippen LogP contribution in [0.2, 0.25) is 0 Å². The first-order valence-corrected chi connectivity index (χ1v) is 10.5. The second kappa shape index (κ2) is 14.4. The minimum atomic E-state index is -1.29. The molecule has 0 radical (unpaired) electrons. The summed E-state index contributed by atoms with van der Waals surface area (Å²) in [6, 6.07) is 12.3. The van der Waals surface area contributed by atoms with E-state index in [4.69, 9.17) is 5.21 Å². The number of aliphatic hydroxyl groups excluding tert-OH is 1. The number of amides is 3. The molecular weight excluding hydrogens is 436 g/mol. The molecule has 6 N–H and O–H groups in total. The minimum absolute atomic E-state index is 0. The quantitative estimate of drug-likeness (QED) is 0.143. The smallest absolute Gasteiger partial charge is 0.268 e. The molecule has 34 heavy (non-hydrogen) atoms. The third-order valence-electron chi connectivity index (χ3n) is 4.54. The van der Waals surface area contributed by atoms with Crippen LogP contribution in [0.4, 0.5) is 5.69 Å². The third-order valence-corrected chi connectivity index (χ3v) is 4.54. The average molecular weight is 469 g/mol. The van der Waals surface area contributed by atoms with Crippen molar-refractivity contribution in [1.82, 2.24) is 16.1 Å². The summed E-state index contributed by atoms with van der Waals surface area (Å²) in [4.78, 5) is 35.7. The fourth-order valence-electron chi connectivity index (χ4n) is 2.77. The van der Waals surface area contributed by atoms with Gasteiger partial charge in [-0.3, -0.25) is 19.6 Å². The Bertz CT molecular complexity index is 1010. The van der Waals surface area contributed by atoms with Crippen LogP contribution in [0.5, 0.6) is 0 Å². The van der Waals surface area contributed by atoms with Crippen molar-refractivity contribution in [3.05, 3.63) is 65.2 Å². The molecular formula is C25H32N4O5. The van der Waals surface area contributed by atoms with Crippen molar-refractivity contribution in [2.75, 3.05) is 18.4 Å². The lowest BCUT2D eigenvalue weighted by Crippen LogP contribution is -2.51. The van der Waals surface area contributed by atoms with Gasteiger partial charge in [0.2, 0.25) is 5.91 Å². The van der Waals surface area contributed by atoms with Crippen LogP contribution in [0.3, 0.4) is 0 Å². The van der Waals surface area contributed by atoms with E-state index in [1.54, 1.807) is 48.5 Å². The molecule has 0 aliphatic rings. The van der Waals surface area contributed by atoms with Crippen LogP contribution < -0.4 is 21.4 Å². The van der Waals surface area contributed by atoms with E-state index in [-0.39, 0.29) is 25.4 Å². The van der Waals surface area contributed by atoms with E-state index in [0.717, 1.165) is 18.5 Å². The summed E-state index contributed by atoms with van der Waals surface area (Å²) in [6.07, 6.45) is -0.229. The minimum Gasteiger partial charge on any atom is -0.391 e. The highest BCUT2D eigenvalue weighted by molar-refractivity contribution is 5.97. The molecule has 0 aromatic heterocycles. The second-order valence-corrected chi connectivity index (χ2v) is 7.30. The Morgan fingerprint density at radius 2 is 1.53 bits per heavy atom. The molecule has 2 aromatic rings. The predicted molar refractivity (Wildman–Crippen MR) is 130 cm³/mol. The van der Waals surface area contributed by atoms with Gasteiger partial charge < -0.3 is 21.1 Å². The highest BCUT2D eigenvalue weighted by atomic mass is 16.5. The third kappa shape index (κ3) is 9.03. The number of hydroxylamine groups is 1. The summed E-state index contributed by atoms with van der Waals surface area (Å²) in [5.74, 6) is 4.40. The number of rotatable bonds is 9. The zero-order valence-corrected chi connectivity index (χ0v) is 18.5. The highest BCUT2D eigenvalue weighted by Gasteiger charge is 2.25. The van der Waals surface area contributed by atoms with Crippen molar-refractivity contribution < 1.29 is 24.7 Å².